The van der Waals surface area contributed by atoms with Gasteiger partial charge in [-0.25, -0.2) is 0 Å². The van der Waals surface area contributed by atoms with E-state index in [1.165, 1.54) is 4.90 Å². The van der Waals surface area contributed by atoms with Crippen molar-refractivity contribution in [3.05, 3.63) is 78.4 Å². The molecule has 4 rings (SSSR count). The Morgan fingerprint density at radius 1 is 0.969 bits per heavy atom. The number of fused-ring (bicyclic) bond motifs is 1. The fraction of sp³-hybridized carbons (Fsp3) is 0.160. The number of amides is 2. The highest BCUT2D eigenvalue weighted by Gasteiger charge is 2.26. The van der Waals surface area contributed by atoms with Crippen LogP contribution >= 0.6 is 0 Å². The third kappa shape index (κ3) is 4.62. The summed E-state index contributed by atoms with van der Waals surface area (Å²) >= 11 is 0. The van der Waals surface area contributed by atoms with Gasteiger partial charge in [0.15, 0.2) is 0 Å². The number of carbonyl (C=O) groups excluding carboxylic acids is 2. The van der Waals surface area contributed by atoms with Crippen LogP contribution in [0.5, 0.6) is 11.5 Å². The van der Waals surface area contributed by atoms with Crippen molar-refractivity contribution in [3.8, 4) is 11.5 Å². The number of hydrogen-bond donors (Lipinski definition) is 1. The zero-order chi connectivity index (χ0) is 22.5. The largest absolute Gasteiger partial charge is 0.497 e. The third-order valence-electron chi connectivity index (χ3n) is 5.13. The molecule has 1 aliphatic heterocycles. The summed E-state index contributed by atoms with van der Waals surface area (Å²) in [5, 5.41) is 2.83. The maximum atomic E-state index is 13.2. The van der Waals surface area contributed by atoms with Gasteiger partial charge in [0, 0.05) is 11.8 Å². The highest BCUT2D eigenvalue weighted by molar-refractivity contribution is 6.19. The van der Waals surface area contributed by atoms with Gasteiger partial charge in [-0.2, -0.15) is 0 Å². The second kappa shape index (κ2) is 9.34. The number of para-hydroxylation sites is 2. The molecule has 0 bridgehead atoms. The lowest BCUT2D eigenvalue weighted by Gasteiger charge is -2.22. The maximum Gasteiger partial charge on any atom is 0.244 e. The molecule has 7 heteroatoms. The summed E-state index contributed by atoms with van der Waals surface area (Å²) < 4.78 is 10.4. The van der Waals surface area contributed by atoms with E-state index in [0.29, 0.717) is 28.5 Å². The number of anilines is 2. The highest BCUT2D eigenvalue weighted by Crippen LogP contribution is 2.33. The van der Waals surface area contributed by atoms with Crippen molar-refractivity contribution < 1.29 is 19.1 Å². The zero-order valence-electron chi connectivity index (χ0n) is 17.9. The molecule has 0 radical (unpaired) electrons. The first-order valence-electron chi connectivity index (χ1n) is 10.1. The molecule has 0 aliphatic carbocycles. The Morgan fingerprint density at radius 3 is 2.47 bits per heavy atom. The Kier molecular flexibility index (Phi) is 6.17. The number of hydrogen-bond acceptors (Lipinski definition) is 5. The van der Waals surface area contributed by atoms with E-state index in [1.807, 2.05) is 42.5 Å². The van der Waals surface area contributed by atoms with Crippen LogP contribution in [0.2, 0.25) is 0 Å². The van der Waals surface area contributed by atoms with Gasteiger partial charge in [0.2, 0.25) is 11.8 Å². The van der Waals surface area contributed by atoms with Crippen molar-refractivity contribution in [3.63, 3.8) is 0 Å². The molecular formula is C25H23N3O4. The molecule has 0 saturated carbocycles. The quantitative estimate of drug-likeness (QED) is 0.637. The Balaban J connectivity index is 1.58. The normalized spacial score (nSPS) is 13.0. The minimum atomic E-state index is -0.311. The lowest BCUT2D eigenvalue weighted by molar-refractivity contribution is -0.120. The summed E-state index contributed by atoms with van der Waals surface area (Å²) in [4.78, 5) is 32.2. The number of benzene rings is 3. The fourth-order valence-electron chi connectivity index (χ4n) is 3.51. The van der Waals surface area contributed by atoms with Crippen LogP contribution in [0.3, 0.4) is 0 Å². The lowest BCUT2D eigenvalue weighted by Crippen LogP contribution is -2.38. The minimum Gasteiger partial charge on any atom is -0.497 e. The predicted molar refractivity (Wildman–Crippen MR) is 124 cm³/mol. The van der Waals surface area contributed by atoms with E-state index >= 15 is 0 Å². The van der Waals surface area contributed by atoms with Gasteiger partial charge in [0.1, 0.15) is 18.0 Å². The van der Waals surface area contributed by atoms with Crippen molar-refractivity contribution in [2.45, 2.75) is 6.42 Å². The average molecular weight is 429 g/mol. The summed E-state index contributed by atoms with van der Waals surface area (Å²) in [6.45, 7) is -0.127. The highest BCUT2D eigenvalue weighted by atomic mass is 16.5. The van der Waals surface area contributed by atoms with Crippen molar-refractivity contribution >= 4 is 34.6 Å². The van der Waals surface area contributed by atoms with Crippen LogP contribution in [0.4, 0.5) is 17.1 Å². The molecule has 0 saturated heterocycles. The molecule has 0 aromatic heterocycles. The van der Waals surface area contributed by atoms with Crippen molar-refractivity contribution in [1.29, 1.82) is 0 Å². The zero-order valence-corrected chi connectivity index (χ0v) is 17.9. The molecule has 1 aliphatic rings. The standard InChI is InChI=1S/C25H23N3O4/c1-31-19-12-10-17(11-13-19)22-15-25(30)28(23-9-4-3-8-21(23)27-22)16-24(29)26-18-6-5-7-20(14-18)32-2/h3-14H,15-16H2,1-2H3,(H,26,29). The molecule has 1 N–H and O–H groups in total. The topological polar surface area (TPSA) is 80.2 Å². The van der Waals surface area contributed by atoms with Crippen LogP contribution < -0.4 is 19.7 Å². The van der Waals surface area contributed by atoms with Gasteiger partial charge in [-0.3, -0.25) is 14.6 Å². The number of carbonyl (C=O) groups is 2. The molecule has 3 aromatic rings. The summed E-state index contributed by atoms with van der Waals surface area (Å²) in [6.07, 6.45) is 0.0768. The van der Waals surface area contributed by atoms with Crippen LogP contribution in [0.25, 0.3) is 0 Å². The van der Waals surface area contributed by atoms with E-state index in [1.54, 1.807) is 44.6 Å². The maximum absolute atomic E-state index is 13.2. The van der Waals surface area contributed by atoms with E-state index < -0.39 is 0 Å². The van der Waals surface area contributed by atoms with Gasteiger partial charge in [-0.15, -0.1) is 0 Å². The molecule has 1 heterocycles. The van der Waals surface area contributed by atoms with E-state index in [0.717, 1.165) is 11.3 Å². The monoisotopic (exact) mass is 429 g/mol. The van der Waals surface area contributed by atoms with Crippen molar-refractivity contribution in [1.82, 2.24) is 0 Å². The number of nitrogens with zero attached hydrogens (tertiary/aromatic N) is 2. The summed E-state index contributed by atoms with van der Waals surface area (Å²) in [7, 11) is 3.17. The Morgan fingerprint density at radius 2 is 1.72 bits per heavy atom. The number of aliphatic imine (C=N–C) groups is 1. The first kappa shape index (κ1) is 21.1. The van der Waals surface area contributed by atoms with Crippen LogP contribution in [0.15, 0.2) is 77.8 Å². The van der Waals surface area contributed by atoms with Crippen molar-refractivity contribution in [2.24, 2.45) is 4.99 Å². The number of ether oxygens (including phenoxy) is 2. The summed E-state index contributed by atoms with van der Waals surface area (Å²) in [5.41, 5.74) is 3.30. The van der Waals surface area contributed by atoms with Gasteiger partial charge >= 0.3 is 0 Å². The molecule has 0 atom stereocenters. The first-order valence-corrected chi connectivity index (χ1v) is 10.1. The lowest BCUT2D eigenvalue weighted by atomic mass is 10.1. The van der Waals surface area contributed by atoms with Gasteiger partial charge in [0.25, 0.3) is 0 Å². The van der Waals surface area contributed by atoms with Gasteiger partial charge in [0.05, 0.1) is 37.7 Å². The fourth-order valence-corrected chi connectivity index (χ4v) is 3.51. The molecule has 0 fully saturated rings. The summed E-state index contributed by atoms with van der Waals surface area (Å²) in [5.74, 6) is 0.849. The first-order chi connectivity index (χ1) is 15.6. The number of rotatable bonds is 6. The second-order valence-corrected chi connectivity index (χ2v) is 7.21. The molecule has 2 amide bonds. The van der Waals surface area contributed by atoms with Crippen molar-refractivity contribution in [2.75, 3.05) is 31.0 Å². The molecule has 162 valence electrons. The Hall–Kier alpha value is -4.13. The van der Waals surface area contributed by atoms with E-state index in [2.05, 4.69) is 5.32 Å². The van der Waals surface area contributed by atoms with Crippen LogP contribution in [0, 0.1) is 0 Å². The SMILES string of the molecule is COc1ccc(C2=Nc3ccccc3N(CC(=O)Nc3cccc(OC)c3)C(=O)C2)cc1. The van der Waals surface area contributed by atoms with E-state index in [4.69, 9.17) is 14.5 Å². The smallest absolute Gasteiger partial charge is 0.244 e. The van der Waals surface area contributed by atoms with E-state index in [-0.39, 0.29) is 24.8 Å². The molecule has 0 unspecified atom stereocenters. The summed E-state index contributed by atoms with van der Waals surface area (Å²) in [6, 6.07) is 21.8. The minimum absolute atomic E-state index is 0.0768. The van der Waals surface area contributed by atoms with Gasteiger partial charge in [-0.1, -0.05) is 18.2 Å². The molecule has 32 heavy (non-hydrogen) atoms. The second-order valence-electron chi connectivity index (χ2n) is 7.21. The van der Waals surface area contributed by atoms with Crippen LogP contribution in [0.1, 0.15) is 12.0 Å². The van der Waals surface area contributed by atoms with E-state index in [9.17, 15) is 9.59 Å². The Bertz CT molecular complexity index is 1170. The molecule has 3 aromatic carbocycles. The average Bonchev–Trinajstić information content (AvgIpc) is 2.95. The van der Waals surface area contributed by atoms with Crippen LogP contribution in [-0.2, 0) is 9.59 Å². The van der Waals surface area contributed by atoms with Gasteiger partial charge < -0.3 is 19.7 Å². The molecule has 7 nitrogen and oxygen atoms in total. The predicted octanol–water partition coefficient (Wildman–Crippen LogP) is 4.20. The molecule has 0 spiro atoms. The van der Waals surface area contributed by atoms with Crippen LogP contribution in [-0.4, -0.2) is 38.3 Å². The molecular weight excluding hydrogens is 406 g/mol. The number of methoxy groups -OCH3 is 2. The Labute approximate surface area is 186 Å². The third-order valence-corrected chi connectivity index (χ3v) is 5.13. The number of nitrogens with one attached hydrogen (secondary N) is 1. The van der Waals surface area contributed by atoms with Gasteiger partial charge in [-0.05, 0) is 54.1 Å².